The molecule has 0 spiro atoms. The predicted octanol–water partition coefficient (Wildman–Crippen LogP) is 3.25. The lowest BCUT2D eigenvalue weighted by atomic mass is 10.2. The van der Waals surface area contributed by atoms with Gasteiger partial charge in [-0.25, -0.2) is 0 Å². The number of aromatic nitrogens is 2. The number of nitrogens with zero attached hydrogens (tertiary/aromatic N) is 3. The van der Waals surface area contributed by atoms with Gasteiger partial charge < -0.3 is 15.4 Å². The van der Waals surface area contributed by atoms with Crippen molar-refractivity contribution in [2.24, 2.45) is 0 Å². The topological polar surface area (TPSA) is 94.2 Å². The van der Waals surface area contributed by atoms with Gasteiger partial charge in [-0.15, -0.1) is 0 Å². The Morgan fingerprint density at radius 2 is 2.12 bits per heavy atom. The Morgan fingerprint density at radius 3 is 2.67 bits per heavy atom. The smallest absolute Gasteiger partial charge is 0.273 e. The van der Waals surface area contributed by atoms with Crippen molar-refractivity contribution in [3.63, 3.8) is 0 Å². The van der Waals surface area contributed by atoms with Gasteiger partial charge in [0, 0.05) is 12.6 Å². The molecular weight excluding hydrogens is 330 g/mol. The Labute approximate surface area is 145 Å². The third-order valence-electron chi connectivity index (χ3n) is 3.56. The summed E-state index contributed by atoms with van der Waals surface area (Å²) in [6.45, 7) is 6.64. The van der Waals surface area contributed by atoms with E-state index in [4.69, 9.17) is 17.0 Å². The van der Waals surface area contributed by atoms with Crippen LogP contribution >= 0.6 is 12.2 Å². The zero-order chi connectivity index (χ0) is 17.9. The molecule has 0 amide bonds. The average molecular weight is 349 g/mol. The van der Waals surface area contributed by atoms with Crippen LogP contribution in [0.2, 0.25) is 0 Å². The Kier molecular flexibility index (Phi) is 5.35. The molecule has 1 aromatic heterocycles. The molecule has 128 valence electrons. The number of nitro groups is 1. The second-order valence-electron chi connectivity index (χ2n) is 5.08. The number of hydrogen-bond acceptors (Lipinski definition) is 5. The number of methoxy groups -OCH3 is 1. The van der Waals surface area contributed by atoms with E-state index < -0.39 is 4.92 Å². The molecule has 0 saturated heterocycles. The summed E-state index contributed by atoms with van der Waals surface area (Å²) in [6, 6.07) is 4.29. The van der Waals surface area contributed by atoms with Crippen LogP contribution in [0, 0.1) is 24.0 Å². The quantitative estimate of drug-likeness (QED) is 0.486. The SMILES string of the molecule is CCn1nc(C)c(NC(=S)Nc2ccc([N+](=O)[O-])cc2OC)c1C. The van der Waals surface area contributed by atoms with Gasteiger partial charge in [0.1, 0.15) is 5.75 Å². The average Bonchev–Trinajstić information content (AvgIpc) is 2.82. The summed E-state index contributed by atoms with van der Waals surface area (Å²) in [5.41, 5.74) is 3.16. The largest absolute Gasteiger partial charge is 0.494 e. The number of aryl methyl sites for hydroxylation is 2. The molecule has 1 aromatic carbocycles. The second kappa shape index (κ2) is 7.26. The molecule has 9 heteroatoms. The number of benzene rings is 1. The predicted molar refractivity (Wildman–Crippen MR) is 96.9 cm³/mol. The number of nitrogens with one attached hydrogen (secondary N) is 2. The zero-order valence-electron chi connectivity index (χ0n) is 13.9. The van der Waals surface area contributed by atoms with Gasteiger partial charge in [0.05, 0.1) is 40.9 Å². The fourth-order valence-electron chi connectivity index (χ4n) is 2.35. The highest BCUT2D eigenvalue weighted by Gasteiger charge is 2.15. The maximum absolute atomic E-state index is 10.8. The highest BCUT2D eigenvalue weighted by Crippen LogP contribution is 2.29. The van der Waals surface area contributed by atoms with E-state index in [1.165, 1.54) is 19.2 Å². The molecule has 0 aliphatic rings. The van der Waals surface area contributed by atoms with E-state index in [-0.39, 0.29) is 5.69 Å². The fourth-order valence-corrected chi connectivity index (χ4v) is 2.56. The van der Waals surface area contributed by atoms with E-state index in [1.807, 2.05) is 25.5 Å². The van der Waals surface area contributed by atoms with Gasteiger partial charge >= 0.3 is 0 Å². The van der Waals surface area contributed by atoms with Crippen LogP contribution < -0.4 is 15.4 Å². The summed E-state index contributed by atoms with van der Waals surface area (Å²) < 4.78 is 7.07. The van der Waals surface area contributed by atoms with Crippen LogP contribution in [0.5, 0.6) is 5.75 Å². The number of ether oxygens (including phenoxy) is 1. The highest BCUT2D eigenvalue weighted by molar-refractivity contribution is 7.80. The van der Waals surface area contributed by atoms with E-state index in [1.54, 1.807) is 6.07 Å². The molecule has 0 atom stereocenters. The third-order valence-corrected chi connectivity index (χ3v) is 3.77. The maximum Gasteiger partial charge on any atom is 0.273 e. The van der Waals surface area contributed by atoms with Crippen molar-refractivity contribution in [3.05, 3.63) is 39.7 Å². The first-order valence-corrected chi connectivity index (χ1v) is 7.72. The lowest BCUT2D eigenvalue weighted by molar-refractivity contribution is -0.384. The van der Waals surface area contributed by atoms with Crippen molar-refractivity contribution >= 4 is 34.4 Å². The Morgan fingerprint density at radius 1 is 1.42 bits per heavy atom. The molecule has 8 nitrogen and oxygen atoms in total. The standard InChI is InChI=1S/C15H19N5O3S/c1-5-19-10(3)14(9(2)18-19)17-15(24)16-12-7-6-11(20(21)22)8-13(12)23-4/h6-8H,5H2,1-4H3,(H2,16,17,24). The van der Waals surface area contributed by atoms with Crippen LogP contribution in [0.3, 0.4) is 0 Å². The van der Waals surface area contributed by atoms with Gasteiger partial charge in [0.25, 0.3) is 5.69 Å². The van der Waals surface area contributed by atoms with Crippen molar-refractivity contribution in [2.75, 3.05) is 17.7 Å². The number of hydrogen-bond donors (Lipinski definition) is 2. The van der Waals surface area contributed by atoms with Gasteiger partial charge in [-0.05, 0) is 39.1 Å². The lowest BCUT2D eigenvalue weighted by Gasteiger charge is -2.13. The Bertz CT molecular complexity index is 788. The van der Waals surface area contributed by atoms with E-state index in [0.717, 1.165) is 23.6 Å². The first-order valence-electron chi connectivity index (χ1n) is 7.31. The molecule has 0 fully saturated rings. The summed E-state index contributed by atoms with van der Waals surface area (Å²) in [7, 11) is 1.44. The number of thiocarbonyl (C=S) groups is 1. The van der Waals surface area contributed by atoms with Gasteiger partial charge in [-0.2, -0.15) is 5.10 Å². The van der Waals surface area contributed by atoms with E-state index in [9.17, 15) is 10.1 Å². The number of nitro benzene ring substituents is 1. The Hall–Kier alpha value is -2.68. The van der Waals surface area contributed by atoms with E-state index >= 15 is 0 Å². The van der Waals surface area contributed by atoms with Crippen LogP contribution in [0.4, 0.5) is 17.1 Å². The number of rotatable bonds is 5. The monoisotopic (exact) mass is 349 g/mol. The molecule has 0 aliphatic heterocycles. The van der Waals surface area contributed by atoms with Crippen molar-refractivity contribution in [1.82, 2.24) is 9.78 Å². The number of anilines is 2. The minimum atomic E-state index is -0.477. The Balaban J connectivity index is 2.18. The number of non-ortho nitro benzene ring substituents is 1. The van der Waals surface area contributed by atoms with Crippen molar-refractivity contribution in [2.45, 2.75) is 27.3 Å². The molecule has 0 saturated carbocycles. The van der Waals surface area contributed by atoms with E-state index in [2.05, 4.69) is 15.7 Å². The summed E-state index contributed by atoms with van der Waals surface area (Å²) >= 11 is 5.33. The van der Waals surface area contributed by atoms with Crippen LogP contribution in [0.15, 0.2) is 18.2 Å². The van der Waals surface area contributed by atoms with Crippen molar-refractivity contribution in [1.29, 1.82) is 0 Å². The fraction of sp³-hybridized carbons (Fsp3) is 0.333. The second-order valence-corrected chi connectivity index (χ2v) is 5.49. The minimum absolute atomic E-state index is 0.0489. The molecule has 0 aliphatic carbocycles. The van der Waals surface area contributed by atoms with Crippen molar-refractivity contribution < 1.29 is 9.66 Å². The molecule has 24 heavy (non-hydrogen) atoms. The van der Waals surface area contributed by atoms with E-state index in [0.29, 0.717) is 16.5 Å². The van der Waals surface area contributed by atoms with Gasteiger partial charge in [-0.3, -0.25) is 14.8 Å². The molecule has 0 unspecified atom stereocenters. The molecule has 0 radical (unpaired) electrons. The van der Waals surface area contributed by atoms with Crippen LogP contribution in [0.1, 0.15) is 18.3 Å². The molecule has 2 N–H and O–H groups in total. The van der Waals surface area contributed by atoms with Crippen LogP contribution in [-0.4, -0.2) is 26.9 Å². The van der Waals surface area contributed by atoms with Crippen LogP contribution in [-0.2, 0) is 6.54 Å². The molecule has 0 bridgehead atoms. The molecule has 2 aromatic rings. The van der Waals surface area contributed by atoms with Gasteiger partial charge in [0.15, 0.2) is 5.11 Å². The molecule has 2 rings (SSSR count). The first-order chi connectivity index (χ1) is 11.4. The highest BCUT2D eigenvalue weighted by atomic mass is 32.1. The summed E-state index contributed by atoms with van der Waals surface area (Å²) in [5.74, 6) is 0.339. The first kappa shape index (κ1) is 17.7. The van der Waals surface area contributed by atoms with Gasteiger partial charge in [-0.1, -0.05) is 0 Å². The minimum Gasteiger partial charge on any atom is -0.494 e. The molecular formula is C15H19N5O3S. The normalized spacial score (nSPS) is 10.3. The lowest BCUT2D eigenvalue weighted by Crippen LogP contribution is -2.20. The molecule has 1 heterocycles. The third kappa shape index (κ3) is 3.62. The summed E-state index contributed by atoms with van der Waals surface area (Å²) in [5, 5.41) is 21.7. The maximum atomic E-state index is 10.8. The summed E-state index contributed by atoms with van der Waals surface area (Å²) in [4.78, 5) is 10.4. The van der Waals surface area contributed by atoms with Gasteiger partial charge in [0.2, 0.25) is 0 Å². The summed E-state index contributed by atoms with van der Waals surface area (Å²) in [6.07, 6.45) is 0. The van der Waals surface area contributed by atoms with Crippen molar-refractivity contribution in [3.8, 4) is 5.75 Å². The van der Waals surface area contributed by atoms with Crippen LogP contribution in [0.25, 0.3) is 0 Å². The zero-order valence-corrected chi connectivity index (χ0v) is 14.7.